The van der Waals surface area contributed by atoms with Gasteiger partial charge in [-0.2, -0.15) is 0 Å². The van der Waals surface area contributed by atoms with Gasteiger partial charge in [-0.1, -0.05) is 32.6 Å². The summed E-state index contributed by atoms with van der Waals surface area (Å²) in [6.07, 6.45) is 8.25. The zero-order valence-corrected chi connectivity index (χ0v) is 12.1. The molecule has 0 bridgehead atoms. The molecule has 1 saturated heterocycles. The lowest BCUT2D eigenvalue weighted by atomic mass is 9.91. The number of carboxylic acids is 1. The van der Waals surface area contributed by atoms with Crippen LogP contribution >= 0.6 is 0 Å². The smallest absolute Gasteiger partial charge is 0.303 e. The van der Waals surface area contributed by atoms with E-state index in [0.29, 0.717) is 12.3 Å². The molecule has 0 aromatic rings. The van der Waals surface area contributed by atoms with E-state index < -0.39 is 5.97 Å². The lowest BCUT2D eigenvalue weighted by Crippen LogP contribution is -2.35. The topological polar surface area (TPSA) is 55.8 Å². The maximum Gasteiger partial charge on any atom is 0.303 e. The maximum atomic E-state index is 10.4. The highest BCUT2D eigenvalue weighted by atomic mass is 16.6. The Morgan fingerprint density at radius 2 is 2.00 bits per heavy atom. The molecule has 4 heteroatoms. The third-order valence-corrected chi connectivity index (χ3v) is 3.74. The second kappa shape index (κ2) is 10.2. The van der Waals surface area contributed by atoms with Crippen LogP contribution in [-0.4, -0.2) is 37.0 Å². The van der Waals surface area contributed by atoms with Crippen LogP contribution in [0.15, 0.2) is 0 Å². The van der Waals surface area contributed by atoms with Gasteiger partial charge in [-0.25, -0.2) is 0 Å². The Morgan fingerprint density at radius 1 is 1.21 bits per heavy atom. The van der Waals surface area contributed by atoms with Gasteiger partial charge in [-0.05, 0) is 25.2 Å². The van der Waals surface area contributed by atoms with Gasteiger partial charge in [0, 0.05) is 6.42 Å². The quantitative estimate of drug-likeness (QED) is 0.620. The Kier molecular flexibility index (Phi) is 8.84. The van der Waals surface area contributed by atoms with E-state index in [0.717, 1.165) is 39.1 Å². The van der Waals surface area contributed by atoms with Crippen molar-refractivity contribution in [3.8, 4) is 0 Å². The SMILES string of the molecule is CCCC(CCCCCCC(=O)O)C1COCCO1. The summed E-state index contributed by atoms with van der Waals surface area (Å²) in [5.74, 6) is -0.0820. The predicted molar refractivity (Wildman–Crippen MR) is 74.3 cm³/mol. The van der Waals surface area contributed by atoms with Gasteiger partial charge in [0.1, 0.15) is 0 Å². The fourth-order valence-corrected chi connectivity index (χ4v) is 2.70. The molecule has 4 nitrogen and oxygen atoms in total. The first kappa shape index (κ1) is 16.4. The van der Waals surface area contributed by atoms with Gasteiger partial charge < -0.3 is 14.6 Å². The summed E-state index contributed by atoms with van der Waals surface area (Å²) in [4.78, 5) is 10.4. The van der Waals surface area contributed by atoms with Crippen molar-refractivity contribution in [2.75, 3.05) is 19.8 Å². The molecule has 0 aliphatic carbocycles. The fraction of sp³-hybridized carbons (Fsp3) is 0.933. The van der Waals surface area contributed by atoms with Crippen LogP contribution in [0.4, 0.5) is 0 Å². The summed E-state index contributed by atoms with van der Waals surface area (Å²) in [5.41, 5.74) is 0. The Morgan fingerprint density at radius 3 is 2.63 bits per heavy atom. The van der Waals surface area contributed by atoms with E-state index in [1.54, 1.807) is 0 Å². The zero-order valence-electron chi connectivity index (χ0n) is 12.1. The van der Waals surface area contributed by atoms with E-state index >= 15 is 0 Å². The molecular weight excluding hydrogens is 244 g/mol. The molecule has 0 saturated carbocycles. The van der Waals surface area contributed by atoms with Crippen molar-refractivity contribution in [1.29, 1.82) is 0 Å². The molecule has 1 aliphatic rings. The first-order valence-electron chi connectivity index (χ1n) is 7.65. The molecule has 0 radical (unpaired) electrons. The molecule has 1 heterocycles. The maximum absolute atomic E-state index is 10.4. The molecule has 1 aliphatic heterocycles. The lowest BCUT2D eigenvalue weighted by molar-refractivity contribution is -0.137. The summed E-state index contributed by atoms with van der Waals surface area (Å²) < 4.78 is 11.3. The van der Waals surface area contributed by atoms with Crippen molar-refractivity contribution in [3.63, 3.8) is 0 Å². The van der Waals surface area contributed by atoms with Crippen LogP contribution in [0, 0.1) is 5.92 Å². The average molecular weight is 272 g/mol. The minimum absolute atomic E-state index is 0.271. The number of carboxylic acid groups (broad SMARTS) is 1. The van der Waals surface area contributed by atoms with Crippen LogP contribution in [0.1, 0.15) is 58.3 Å². The van der Waals surface area contributed by atoms with Crippen molar-refractivity contribution >= 4 is 5.97 Å². The first-order chi connectivity index (χ1) is 9.24. The minimum Gasteiger partial charge on any atom is -0.481 e. The van der Waals surface area contributed by atoms with Gasteiger partial charge in [0.2, 0.25) is 0 Å². The normalized spacial score (nSPS) is 21.2. The Hall–Kier alpha value is -0.610. The molecule has 0 aromatic carbocycles. The Labute approximate surface area is 116 Å². The number of carbonyl (C=O) groups is 1. The third kappa shape index (κ3) is 7.53. The number of aliphatic carboxylic acids is 1. The van der Waals surface area contributed by atoms with Gasteiger partial charge in [-0.15, -0.1) is 0 Å². The van der Waals surface area contributed by atoms with E-state index in [9.17, 15) is 4.79 Å². The standard InChI is InChI=1S/C15H28O4/c1-2-7-13(14-12-18-10-11-19-14)8-5-3-4-6-9-15(16)17/h13-14H,2-12H2,1H3,(H,16,17). The highest BCUT2D eigenvalue weighted by Gasteiger charge is 2.23. The van der Waals surface area contributed by atoms with Crippen LogP contribution in [0.25, 0.3) is 0 Å². The van der Waals surface area contributed by atoms with E-state index in [-0.39, 0.29) is 6.10 Å². The molecule has 2 unspecified atom stereocenters. The second-order valence-corrected chi connectivity index (χ2v) is 5.38. The van der Waals surface area contributed by atoms with Gasteiger partial charge in [0.15, 0.2) is 0 Å². The number of ether oxygens (including phenoxy) is 2. The minimum atomic E-state index is -0.684. The lowest BCUT2D eigenvalue weighted by Gasteiger charge is -2.30. The van der Waals surface area contributed by atoms with Crippen molar-refractivity contribution in [3.05, 3.63) is 0 Å². The highest BCUT2D eigenvalue weighted by molar-refractivity contribution is 5.66. The number of hydrogen-bond acceptors (Lipinski definition) is 3. The molecule has 0 spiro atoms. The van der Waals surface area contributed by atoms with Crippen molar-refractivity contribution in [2.45, 2.75) is 64.4 Å². The summed E-state index contributed by atoms with van der Waals surface area (Å²) in [6, 6.07) is 0. The summed E-state index contributed by atoms with van der Waals surface area (Å²) in [5, 5.41) is 8.57. The van der Waals surface area contributed by atoms with Crippen molar-refractivity contribution in [2.24, 2.45) is 5.92 Å². The molecular formula is C15H28O4. The van der Waals surface area contributed by atoms with Gasteiger partial charge in [0.05, 0.1) is 25.9 Å². The molecule has 1 N–H and O–H groups in total. The van der Waals surface area contributed by atoms with E-state index in [2.05, 4.69) is 6.92 Å². The Balaban J connectivity index is 2.12. The highest BCUT2D eigenvalue weighted by Crippen LogP contribution is 2.24. The van der Waals surface area contributed by atoms with Crippen LogP contribution in [-0.2, 0) is 14.3 Å². The van der Waals surface area contributed by atoms with Gasteiger partial charge in [0.25, 0.3) is 0 Å². The van der Waals surface area contributed by atoms with E-state index in [1.807, 2.05) is 0 Å². The molecule has 112 valence electrons. The van der Waals surface area contributed by atoms with E-state index in [4.69, 9.17) is 14.6 Å². The van der Waals surface area contributed by atoms with Crippen LogP contribution in [0.5, 0.6) is 0 Å². The number of hydrogen-bond donors (Lipinski definition) is 1. The molecule has 1 fully saturated rings. The average Bonchev–Trinajstić information content (AvgIpc) is 2.42. The summed E-state index contributed by atoms with van der Waals surface area (Å²) in [7, 11) is 0. The van der Waals surface area contributed by atoms with Gasteiger partial charge in [-0.3, -0.25) is 4.79 Å². The molecule has 19 heavy (non-hydrogen) atoms. The predicted octanol–water partition coefficient (Wildman–Crippen LogP) is 3.24. The number of unbranched alkanes of at least 4 members (excludes halogenated alkanes) is 3. The monoisotopic (exact) mass is 272 g/mol. The van der Waals surface area contributed by atoms with Gasteiger partial charge >= 0.3 is 5.97 Å². The molecule has 0 amide bonds. The second-order valence-electron chi connectivity index (χ2n) is 5.38. The van der Waals surface area contributed by atoms with Crippen LogP contribution in [0.2, 0.25) is 0 Å². The molecule has 1 rings (SSSR count). The number of rotatable bonds is 10. The van der Waals surface area contributed by atoms with Crippen molar-refractivity contribution in [1.82, 2.24) is 0 Å². The largest absolute Gasteiger partial charge is 0.481 e. The fourth-order valence-electron chi connectivity index (χ4n) is 2.70. The molecule has 2 atom stereocenters. The van der Waals surface area contributed by atoms with Crippen molar-refractivity contribution < 1.29 is 19.4 Å². The summed E-state index contributed by atoms with van der Waals surface area (Å²) >= 11 is 0. The summed E-state index contributed by atoms with van der Waals surface area (Å²) in [6.45, 7) is 4.40. The zero-order chi connectivity index (χ0) is 13.9. The third-order valence-electron chi connectivity index (χ3n) is 3.74. The van der Waals surface area contributed by atoms with Crippen LogP contribution < -0.4 is 0 Å². The molecule has 0 aromatic heterocycles. The first-order valence-corrected chi connectivity index (χ1v) is 7.65. The Bertz CT molecular complexity index is 236. The van der Waals surface area contributed by atoms with E-state index in [1.165, 1.54) is 25.7 Å². The van der Waals surface area contributed by atoms with Crippen LogP contribution in [0.3, 0.4) is 0 Å².